The smallest absolute Gasteiger partial charge is 0.258 e. The first-order valence-corrected chi connectivity index (χ1v) is 7.59. The zero-order valence-corrected chi connectivity index (χ0v) is 11.6. The van der Waals surface area contributed by atoms with E-state index in [1.54, 1.807) is 23.1 Å². The minimum atomic E-state index is -3.57. The molecule has 0 spiro atoms. The van der Waals surface area contributed by atoms with Crippen molar-refractivity contribution in [2.45, 2.75) is 24.5 Å². The molecule has 108 valence electrons. The van der Waals surface area contributed by atoms with Crippen molar-refractivity contribution in [3.05, 3.63) is 36.3 Å². The molecule has 9 heteroatoms. The second-order valence-electron chi connectivity index (χ2n) is 4.13. The Morgan fingerprint density at radius 1 is 1.35 bits per heavy atom. The third kappa shape index (κ3) is 3.83. The van der Waals surface area contributed by atoms with Crippen molar-refractivity contribution in [3.8, 4) is 0 Å². The summed E-state index contributed by atoms with van der Waals surface area (Å²) in [5.41, 5.74) is 6.22. The van der Waals surface area contributed by atoms with Crippen LogP contribution in [0, 0.1) is 0 Å². The minimum Gasteiger partial charge on any atom is -0.326 e. The van der Waals surface area contributed by atoms with E-state index in [9.17, 15) is 8.42 Å². The second kappa shape index (κ2) is 6.55. The first-order valence-electron chi connectivity index (χ1n) is 6.10. The lowest BCUT2D eigenvalue weighted by Gasteiger charge is -2.06. The first-order chi connectivity index (χ1) is 9.62. The number of nitrogens with zero attached hydrogens (tertiary/aromatic N) is 4. The van der Waals surface area contributed by atoms with Gasteiger partial charge in [-0.05, 0) is 18.1 Å². The van der Waals surface area contributed by atoms with E-state index in [0.29, 0.717) is 26.1 Å². The van der Waals surface area contributed by atoms with Gasteiger partial charge in [-0.1, -0.05) is 11.3 Å². The Bertz CT molecular complexity index is 623. The van der Waals surface area contributed by atoms with Crippen molar-refractivity contribution in [1.82, 2.24) is 24.7 Å². The van der Waals surface area contributed by atoms with Crippen LogP contribution in [0.3, 0.4) is 0 Å². The zero-order valence-electron chi connectivity index (χ0n) is 10.8. The monoisotopic (exact) mass is 296 g/mol. The topological polar surface area (TPSA) is 116 Å². The van der Waals surface area contributed by atoms with Gasteiger partial charge in [-0.3, -0.25) is 4.68 Å². The number of hydrogen-bond acceptors (Lipinski definition) is 6. The van der Waals surface area contributed by atoms with Gasteiger partial charge >= 0.3 is 0 Å². The minimum absolute atomic E-state index is 0.00421. The molecule has 0 fully saturated rings. The number of nitrogens with two attached hydrogens (primary N) is 1. The number of aryl methyl sites for hydroxylation is 1. The van der Waals surface area contributed by atoms with Crippen molar-refractivity contribution < 1.29 is 8.42 Å². The van der Waals surface area contributed by atoms with Gasteiger partial charge in [0.2, 0.25) is 0 Å². The van der Waals surface area contributed by atoms with Crippen LogP contribution in [0.5, 0.6) is 0 Å². The van der Waals surface area contributed by atoms with Gasteiger partial charge in [0.15, 0.2) is 5.03 Å². The summed E-state index contributed by atoms with van der Waals surface area (Å²) >= 11 is 0. The van der Waals surface area contributed by atoms with E-state index >= 15 is 0 Å². The average molecular weight is 296 g/mol. The molecule has 2 aromatic heterocycles. The van der Waals surface area contributed by atoms with Crippen molar-refractivity contribution in [1.29, 1.82) is 0 Å². The fourth-order valence-corrected chi connectivity index (χ4v) is 2.56. The van der Waals surface area contributed by atoms with Gasteiger partial charge in [-0.15, -0.1) is 5.10 Å². The average Bonchev–Trinajstić information content (AvgIpc) is 2.97. The zero-order chi connectivity index (χ0) is 14.4. The summed E-state index contributed by atoms with van der Waals surface area (Å²) in [5.74, 6) is 0. The highest BCUT2D eigenvalue weighted by molar-refractivity contribution is 7.89. The molecular formula is C11H16N6O2S. The maximum Gasteiger partial charge on any atom is 0.258 e. The van der Waals surface area contributed by atoms with Gasteiger partial charge < -0.3 is 5.73 Å². The lowest BCUT2D eigenvalue weighted by molar-refractivity contribution is 0.541. The van der Waals surface area contributed by atoms with Crippen LogP contribution in [0.25, 0.3) is 0 Å². The SMILES string of the molecule is NCc1ccc(S(=O)(=O)NCCCn2ccnn2)nc1. The highest BCUT2D eigenvalue weighted by atomic mass is 32.2. The lowest BCUT2D eigenvalue weighted by atomic mass is 10.3. The van der Waals surface area contributed by atoms with Crippen molar-refractivity contribution in [2.75, 3.05) is 6.54 Å². The van der Waals surface area contributed by atoms with Gasteiger partial charge in [0, 0.05) is 32.0 Å². The molecule has 0 aliphatic heterocycles. The van der Waals surface area contributed by atoms with Crippen LogP contribution >= 0.6 is 0 Å². The molecule has 0 saturated heterocycles. The number of aromatic nitrogens is 4. The Labute approximate surface area is 117 Å². The highest BCUT2D eigenvalue weighted by Gasteiger charge is 2.14. The van der Waals surface area contributed by atoms with Crippen molar-refractivity contribution in [2.24, 2.45) is 5.73 Å². The molecular weight excluding hydrogens is 280 g/mol. The predicted octanol–water partition coefficient (Wildman–Crippen LogP) is -0.500. The van der Waals surface area contributed by atoms with Crippen LogP contribution in [0.2, 0.25) is 0 Å². The molecule has 0 unspecified atom stereocenters. The second-order valence-corrected chi connectivity index (χ2v) is 5.84. The van der Waals surface area contributed by atoms with Crippen molar-refractivity contribution >= 4 is 10.0 Å². The van der Waals surface area contributed by atoms with E-state index in [1.807, 2.05) is 0 Å². The molecule has 0 aromatic carbocycles. The maximum atomic E-state index is 12.0. The largest absolute Gasteiger partial charge is 0.326 e. The molecule has 0 radical (unpaired) electrons. The molecule has 20 heavy (non-hydrogen) atoms. The van der Waals surface area contributed by atoms with E-state index in [-0.39, 0.29) is 5.03 Å². The Hall–Kier alpha value is -1.84. The summed E-state index contributed by atoms with van der Waals surface area (Å²) in [6, 6.07) is 3.10. The van der Waals surface area contributed by atoms with E-state index in [0.717, 1.165) is 5.56 Å². The quantitative estimate of drug-likeness (QED) is 0.665. The number of hydrogen-bond donors (Lipinski definition) is 2. The van der Waals surface area contributed by atoms with Crippen LogP contribution in [0.1, 0.15) is 12.0 Å². The Kier molecular flexibility index (Phi) is 4.77. The van der Waals surface area contributed by atoms with Gasteiger partial charge in [0.05, 0.1) is 6.20 Å². The Balaban J connectivity index is 1.86. The molecule has 0 atom stereocenters. The summed E-state index contributed by atoms with van der Waals surface area (Å²) in [6.07, 6.45) is 5.38. The molecule has 2 rings (SSSR count). The van der Waals surface area contributed by atoms with Crippen molar-refractivity contribution in [3.63, 3.8) is 0 Å². The lowest BCUT2D eigenvalue weighted by Crippen LogP contribution is -2.26. The third-order valence-electron chi connectivity index (χ3n) is 2.64. The van der Waals surface area contributed by atoms with Crippen LogP contribution in [0.15, 0.2) is 35.7 Å². The summed E-state index contributed by atoms with van der Waals surface area (Å²) in [4.78, 5) is 3.89. The number of sulfonamides is 1. The molecule has 3 N–H and O–H groups in total. The van der Waals surface area contributed by atoms with Crippen LogP contribution in [0.4, 0.5) is 0 Å². The van der Waals surface area contributed by atoms with Gasteiger partial charge in [-0.25, -0.2) is 18.1 Å². The summed E-state index contributed by atoms with van der Waals surface area (Å²) in [7, 11) is -3.57. The molecule has 0 saturated carbocycles. The molecule has 0 bridgehead atoms. The molecule has 8 nitrogen and oxygen atoms in total. The molecule has 2 aromatic rings. The van der Waals surface area contributed by atoms with E-state index in [1.165, 1.54) is 12.3 Å². The van der Waals surface area contributed by atoms with Crippen LogP contribution in [-0.4, -0.2) is 34.9 Å². The first kappa shape index (κ1) is 14.6. The van der Waals surface area contributed by atoms with Gasteiger partial charge in [0.25, 0.3) is 10.0 Å². The fraction of sp³-hybridized carbons (Fsp3) is 0.364. The summed E-state index contributed by atoms with van der Waals surface area (Å²) in [6.45, 7) is 1.24. The fourth-order valence-electron chi connectivity index (χ4n) is 1.56. The Morgan fingerprint density at radius 3 is 2.80 bits per heavy atom. The molecule has 0 aliphatic rings. The number of rotatable bonds is 7. The van der Waals surface area contributed by atoms with Crippen LogP contribution < -0.4 is 10.5 Å². The standard InChI is InChI=1S/C11H16N6O2S/c12-8-10-2-3-11(13-9-10)20(18,19)15-4-1-6-17-7-5-14-16-17/h2-3,5,7,9,15H,1,4,6,8,12H2. The summed E-state index contributed by atoms with van der Waals surface area (Å²) < 4.78 is 28.0. The van der Waals surface area contributed by atoms with E-state index in [2.05, 4.69) is 20.0 Å². The molecule has 0 amide bonds. The number of nitrogens with one attached hydrogen (secondary N) is 1. The maximum absolute atomic E-state index is 12.0. The predicted molar refractivity (Wildman–Crippen MR) is 72.0 cm³/mol. The summed E-state index contributed by atoms with van der Waals surface area (Å²) in [5, 5.41) is 7.46. The normalized spacial score (nSPS) is 11.7. The third-order valence-corrected chi connectivity index (χ3v) is 4.01. The van der Waals surface area contributed by atoms with E-state index < -0.39 is 10.0 Å². The van der Waals surface area contributed by atoms with Crippen LogP contribution in [-0.2, 0) is 23.1 Å². The van der Waals surface area contributed by atoms with Gasteiger partial charge in [0.1, 0.15) is 0 Å². The Morgan fingerprint density at radius 2 is 2.20 bits per heavy atom. The van der Waals surface area contributed by atoms with E-state index in [4.69, 9.17) is 5.73 Å². The van der Waals surface area contributed by atoms with Gasteiger partial charge in [-0.2, -0.15) is 0 Å². The number of pyridine rings is 1. The molecule has 0 aliphatic carbocycles. The highest BCUT2D eigenvalue weighted by Crippen LogP contribution is 2.06. The molecule has 2 heterocycles.